The lowest BCUT2D eigenvalue weighted by Gasteiger charge is -2.13. The van der Waals surface area contributed by atoms with Crippen molar-refractivity contribution in [1.82, 2.24) is 0 Å². The Balaban J connectivity index is 1.84. The Morgan fingerprint density at radius 3 is 2.43 bits per heavy atom. The van der Waals surface area contributed by atoms with E-state index in [-0.39, 0.29) is 28.1 Å². The van der Waals surface area contributed by atoms with Crippen LogP contribution in [0.5, 0.6) is 0 Å². The molecule has 1 amide bonds. The van der Waals surface area contributed by atoms with Crippen LogP contribution in [0.3, 0.4) is 0 Å². The molecule has 0 aliphatic heterocycles. The molecule has 0 fully saturated rings. The molecule has 0 heterocycles. The summed E-state index contributed by atoms with van der Waals surface area (Å²) < 4.78 is 41.3. The lowest BCUT2D eigenvalue weighted by atomic mass is 10.1. The second kappa shape index (κ2) is 8.76. The van der Waals surface area contributed by atoms with Gasteiger partial charge in [-0.1, -0.05) is 24.3 Å². The Morgan fingerprint density at radius 1 is 1.07 bits per heavy atom. The molecule has 0 atom stereocenters. The minimum Gasteiger partial charge on any atom is -0.322 e. The number of carbonyl (C=O) groups is 1. The molecule has 2 N–H and O–H groups in total. The fourth-order valence-electron chi connectivity index (χ4n) is 2.75. The largest absolute Gasteiger partial charge is 0.322 e. The summed E-state index contributed by atoms with van der Waals surface area (Å²) >= 11 is 0. The minimum atomic E-state index is -4.02. The molecule has 8 heteroatoms. The molecule has 0 radical (unpaired) electrons. The van der Waals surface area contributed by atoms with Crippen molar-refractivity contribution >= 4 is 27.3 Å². The molecule has 3 aromatic carbocycles. The monoisotopic (exact) mass is 423 g/mol. The van der Waals surface area contributed by atoms with Crippen molar-refractivity contribution in [3.63, 3.8) is 0 Å². The second-order valence-electron chi connectivity index (χ2n) is 6.55. The number of sulfonamides is 1. The number of rotatable bonds is 6. The van der Waals surface area contributed by atoms with Crippen molar-refractivity contribution in [3.05, 3.63) is 89.2 Å². The van der Waals surface area contributed by atoms with Gasteiger partial charge in [0.15, 0.2) is 0 Å². The van der Waals surface area contributed by atoms with Gasteiger partial charge >= 0.3 is 0 Å². The molecule has 3 rings (SSSR count). The van der Waals surface area contributed by atoms with E-state index in [1.165, 1.54) is 25.1 Å². The first-order chi connectivity index (χ1) is 14.3. The third-order valence-electron chi connectivity index (χ3n) is 4.35. The van der Waals surface area contributed by atoms with E-state index in [1.54, 1.807) is 36.4 Å². The number of hydrogen-bond donors (Lipinski definition) is 2. The van der Waals surface area contributed by atoms with Crippen molar-refractivity contribution in [3.8, 4) is 6.07 Å². The van der Waals surface area contributed by atoms with Gasteiger partial charge in [-0.2, -0.15) is 5.26 Å². The minimum absolute atomic E-state index is 0.0954. The predicted molar refractivity (Wildman–Crippen MR) is 112 cm³/mol. The van der Waals surface area contributed by atoms with E-state index in [4.69, 9.17) is 5.26 Å². The van der Waals surface area contributed by atoms with Gasteiger partial charge in [-0.3, -0.25) is 9.52 Å². The topological polar surface area (TPSA) is 99.1 Å². The zero-order valence-corrected chi connectivity index (χ0v) is 16.8. The van der Waals surface area contributed by atoms with E-state index >= 15 is 0 Å². The normalized spacial score (nSPS) is 10.8. The molecule has 30 heavy (non-hydrogen) atoms. The van der Waals surface area contributed by atoms with Crippen LogP contribution in [0.25, 0.3) is 0 Å². The Hall–Kier alpha value is -3.70. The number of amides is 1. The zero-order valence-electron chi connectivity index (χ0n) is 16.0. The number of nitrogens with zero attached hydrogens (tertiary/aromatic N) is 1. The molecule has 3 aromatic rings. The van der Waals surface area contributed by atoms with Crippen LogP contribution < -0.4 is 10.0 Å². The number of nitrogens with one attached hydrogen (secondary N) is 2. The van der Waals surface area contributed by atoms with Crippen LogP contribution in [-0.2, 0) is 16.4 Å². The number of carbonyl (C=O) groups excluding carboxylic acids is 1. The van der Waals surface area contributed by atoms with Crippen molar-refractivity contribution in [2.75, 3.05) is 10.0 Å². The lowest BCUT2D eigenvalue weighted by molar-refractivity contribution is 0.102. The molecular formula is C22H18FN3O3S. The maximum Gasteiger partial charge on any atom is 0.261 e. The lowest BCUT2D eigenvalue weighted by Crippen LogP contribution is -2.18. The fourth-order valence-corrected chi connectivity index (χ4v) is 3.92. The van der Waals surface area contributed by atoms with Crippen LogP contribution in [0.4, 0.5) is 15.8 Å². The van der Waals surface area contributed by atoms with E-state index in [9.17, 15) is 17.6 Å². The van der Waals surface area contributed by atoms with Gasteiger partial charge in [0.25, 0.3) is 15.9 Å². The molecule has 6 nitrogen and oxygen atoms in total. The van der Waals surface area contributed by atoms with Crippen LogP contribution in [0.1, 0.15) is 21.5 Å². The molecule has 152 valence electrons. The first-order valence-electron chi connectivity index (χ1n) is 8.95. The predicted octanol–water partition coefficient (Wildman–Crippen LogP) is 4.25. The van der Waals surface area contributed by atoms with E-state index in [0.29, 0.717) is 5.69 Å². The molecule has 0 saturated heterocycles. The standard InChI is InChI=1S/C22H18FN3O3S/c1-15-14-18(10-11-20(15)23)30(28,29)26-21-5-3-2-4-19(21)22(27)25-17-8-6-16(7-9-17)12-13-24/h2-11,14,26H,12H2,1H3,(H,25,27). The maximum absolute atomic E-state index is 13.5. The molecule has 0 saturated carbocycles. The van der Waals surface area contributed by atoms with Gasteiger partial charge in [-0.15, -0.1) is 0 Å². The highest BCUT2D eigenvalue weighted by atomic mass is 32.2. The molecule has 0 spiro atoms. The Bertz CT molecular complexity index is 1230. The summed E-state index contributed by atoms with van der Waals surface area (Å²) in [5.74, 6) is -1.01. The second-order valence-corrected chi connectivity index (χ2v) is 8.23. The third kappa shape index (κ3) is 4.82. The summed E-state index contributed by atoms with van der Waals surface area (Å²) in [6.45, 7) is 1.47. The number of aryl methyl sites for hydroxylation is 1. The van der Waals surface area contributed by atoms with Gasteiger partial charge in [-0.25, -0.2) is 12.8 Å². The highest BCUT2D eigenvalue weighted by molar-refractivity contribution is 7.92. The van der Waals surface area contributed by atoms with Gasteiger partial charge in [0.05, 0.1) is 28.6 Å². The van der Waals surface area contributed by atoms with E-state index in [1.807, 2.05) is 6.07 Å². The number of hydrogen-bond acceptors (Lipinski definition) is 4. The number of para-hydroxylation sites is 1. The molecule has 0 bridgehead atoms. The smallest absolute Gasteiger partial charge is 0.261 e. The molecule has 0 unspecified atom stereocenters. The summed E-state index contributed by atoms with van der Waals surface area (Å²) in [6, 6.07) is 18.5. The first kappa shape index (κ1) is 21.0. The van der Waals surface area contributed by atoms with Gasteiger partial charge in [0, 0.05) is 5.69 Å². The third-order valence-corrected chi connectivity index (χ3v) is 5.71. The average Bonchev–Trinajstić information content (AvgIpc) is 2.71. The van der Waals surface area contributed by atoms with Crippen LogP contribution in [0.2, 0.25) is 0 Å². The quantitative estimate of drug-likeness (QED) is 0.619. The Kier molecular flexibility index (Phi) is 6.14. The van der Waals surface area contributed by atoms with Crippen molar-refractivity contribution in [2.45, 2.75) is 18.2 Å². The van der Waals surface area contributed by atoms with Gasteiger partial charge in [0.2, 0.25) is 0 Å². The first-order valence-corrected chi connectivity index (χ1v) is 10.4. The Morgan fingerprint density at radius 2 is 1.77 bits per heavy atom. The van der Waals surface area contributed by atoms with E-state index < -0.39 is 21.7 Å². The van der Waals surface area contributed by atoms with Crippen molar-refractivity contribution in [2.24, 2.45) is 0 Å². The van der Waals surface area contributed by atoms with Crippen molar-refractivity contribution in [1.29, 1.82) is 5.26 Å². The molecule has 0 aliphatic rings. The maximum atomic E-state index is 13.5. The number of anilines is 2. The SMILES string of the molecule is Cc1cc(S(=O)(=O)Nc2ccccc2C(=O)Nc2ccc(CC#N)cc2)ccc1F. The van der Waals surface area contributed by atoms with Crippen LogP contribution in [0, 0.1) is 24.1 Å². The average molecular weight is 423 g/mol. The van der Waals surface area contributed by atoms with Crippen LogP contribution >= 0.6 is 0 Å². The molecule has 0 aliphatic carbocycles. The number of nitriles is 1. The van der Waals surface area contributed by atoms with E-state index in [2.05, 4.69) is 10.0 Å². The van der Waals surface area contributed by atoms with Gasteiger partial charge in [0.1, 0.15) is 5.82 Å². The summed E-state index contributed by atoms with van der Waals surface area (Å²) in [5, 5.41) is 11.4. The van der Waals surface area contributed by atoms with Gasteiger partial charge < -0.3 is 5.32 Å². The highest BCUT2D eigenvalue weighted by Gasteiger charge is 2.19. The summed E-state index contributed by atoms with van der Waals surface area (Å²) in [4.78, 5) is 12.6. The Labute approximate surface area is 174 Å². The summed E-state index contributed by atoms with van der Waals surface area (Å²) in [7, 11) is -4.02. The zero-order chi connectivity index (χ0) is 21.7. The van der Waals surface area contributed by atoms with E-state index in [0.717, 1.165) is 17.7 Å². The fraction of sp³-hybridized carbons (Fsp3) is 0.0909. The van der Waals surface area contributed by atoms with Crippen LogP contribution in [-0.4, -0.2) is 14.3 Å². The van der Waals surface area contributed by atoms with Crippen LogP contribution in [0.15, 0.2) is 71.6 Å². The van der Waals surface area contributed by atoms with Crippen molar-refractivity contribution < 1.29 is 17.6 Å². The summed E-state index contributed by atoms with van der Waals surface area (Å²) in [6.07, 6.45) is 0.266. The number of halogens is 1. The molecular weight excluding hydrogens is 405 g/mol. The molecule has 0 aromatic heterocycles. The highest BCUT2D eigenvalue weighted by Crippen LogP contribution is 2.23. The van der Waals surface area contributed by atoms with Gasteiger partial charge in [-0.05, 0) is 60.5 Å². The summed E-state index contributed by atoms with van der Waals surface area (Å²) in [5.41, 5.74) is 1.74. The number of benzene rings is 3.